The van der Waals surface area contributed by atoms with Crippen molar-refractivity contribution in [2.45, 2.75) is 20.1 Å². The Morgan fingerprint density at radius 1 is 1.00 bits per heavy atom. The number of nitrogens with zero attached hydrogens (tertiary/aromatic N) is 1. The van der Waals surface area contributed by atoms with Crippen LogP contribution in [0, 0.1) is 13.8 Å². The fourth-order valence-electron chi connectivity index (χ4n) is 2.74. The van der Waals surface area contributed by atoms with Gasteiger partial charge in [-0.15, -0.1) is 8.78 Å². The van der Waals surface area contributed by atoms with Crippen molar-refractivity contribution >= 4 is 15.9 Å². The second-order valence-electron chi connectivity index (χ2n) is 5.70. The molecule has 0 spiro atoms. The number of hydrogen-bond donors (Lipinski definition) is 0. The lowest BCUT2D eigenvalue weighted by atomic mass is 10.0. The second-order valence-corrected chi connectivity index (χ2v) is 6.61. The molecule has 0 aliphatic carbocycles. The zero-order chi connectivity index (χ0) is 17.8. The fourth-order valence-corrected chi connectivity index (χ4v) is 3.10. The molecule has 0 fully saturated rings. The number of benzene rings is 2. The van der Waals surface area contributed by atoms with E-state index in [9.17, 15) is 8.78 Å². The molecule has 0 radical (unpaired) electrons. The maximum atomic E-state index is 13.2. The predicted molar refractivity (Wildman–Crippen MR) is 90.8 cm³/mol. The first-order valence-electron chi connectivity index (χ1n) is 7.46. The maximum Gasteiger partial charge on any atom is 0.586 e. The molecule has 1 aliphatic rings. The maximum absolute atomic E-state index is 13.2. The minimum atomic E-state index is -3.65. The number of alkyl halides is 2. The zero-order valence-corrected chi connectivity index (χ0v) is 14.9. The van der Waals surface area contributed by atoms with Gasteiger partial charge in [0, 0.05) is 22.5 Å². The van der Waals surface area contributed by atoms with Crippen LogP contribution in [0.5, 0.6) is 11.5 Å². The van der Waals surface area contributed by atoms with Crippen LogP contribution in [-0.4, -0.2) is 11.3 Å². The van der Waals surface area contributed by atoms with Crippen LogP contribution >= 0.6 is 15.9 Å². The molecule has 0 unspecified atom stereocenters. The Bertz CT molecular complexity index is 984. The highest BCUT2D eigenvalue weighted by atomic mass is 79.9. The number of aryl methyl sites for hydroxylation is 2. The molecule has 128 valence electrons. The Hall–Kier alpha value is -2.41. The van der Waals surface area contributed by atoms with Gasteiger partial charge < -0.3 is 13.9 Å². The van der Waals surface area contributed by atoms with Crippen LogP contribution < -0.4 is 9.47 Å². The van der Waals surface area contributed by atoms with Crippen LogP contribution in [0.15, 0.2) is 45.3 Å². The largest absolute Gasteiger partial charge is 0.586 e. The molecule has 2 aromatic carbocycles. The minimum absolute atomic E-state index is 0.00541. The fraction of sp³-hybridized carbons (Fsp3) is 0.167. The summed E-state index contributed by atoms with van der Waals surface area (Å²) in [5.74, 6) is 1.02. The predicted octanol–water partition coefficient (Wildman–Crippen LogP) is 5.71. The van der Waals surface area contributed by atoms with E-state index >= 15 is 0 Å². The van der Waals surface area contributed by atoms with Crippen molar-refractivity contribution in [2.75, 3.05) is 0 Å². The third-order valence-electron chi connectivity index (χ3n) is 3.85. The minimum Gasteiger partial charge on any atom is -0.440 e. The van der Waals surface area contributed by atoms with Crippen LogP contribution in [0.25, 0.3) is 22.6 Å². The molecule has 1 aliphatic heterocycles. The van der Waals surface area contributed by atoms with Crippen LogP contribution in [0.1, 0.15) is 11.5 Å². The summed E-state index contributed by atoms with van der Waals surface area (Å²) in [6, 6.07) is 10.4. The molecule has 2 heterocycles. The molecular weight excluding hydrogens is 396 g/mol. The summed E-state index contributed by atoms with van der Waals surface area (Å²) in [6.07, 6.45) is -3.65. The number of fused-ring (bicyclic) bond motifs is 1. The van der Waals surface area contributed by atoms with E-state index in [0.717, 1.165) is 15.6 Å². The van der Waals surface area contributed by atoms with Crippen molar-refractivity contribution in [3.8, 4) is 34.1 Å². The molecule has 4 nitrogen and oxygen atoms in total. The highest BCUT2D eigenvalue weighted by molar-refractivity contribution is 9.10. The number of ether oxygens (including phenoxy) is 2. The molecule has 0 amide bonds. The number of oxazole rings is 1. The third kappa shape index (κ3) is 2.89. The number of rotatable bonds is 2. The number of halogens is 3. The summed E-state index contributed by atoms with van der Waals surface area (Å²) in [5, 5.41) is 0. The van der Waals surface area contributed by atoms with Crippen molar-refractivity contribution in [1.29, 1.82) is 0 Å². The highest BCUT2D eigenvalue weighted by Gasteiger charge is 2.43. The van der Waals surface area contributed by atoms with Crippen LogP contribution in [0.2, 0.25) is 0 Å². The van der Waals surface area contributed by atoms with Crippen LogP contribution in [-0.2, 0) is 0 Å². The molecular formula is C18H12BrF2NO3. The van der Waals surface area contributed by atoms with Gasteiger partial charge in [0.1, 0.15) is 5.69 Å². The Labute approximate surface area is 150 Å². The van der Waals surface area contributed by atoms with E-state index in [4.69, 9.17) is 4.42 Å². The normalized spacial score (nSPS) is 14.8. The zero-order valence-electron chi connectivity index (χ0n) is 13.3. The highest BCUT2D eigenvalue weighted by Crippen LogP contribution is 2.44. The SMILES string of the molecule is Cc1nc(-c2ccc3c(c2)OC(F)(F)O3)c(-c2cc(Br)ccc2C)o1. The van der Waals surface area contributed by atoms with Crippen LogP contribution in [0.3, 0.4) is 0 Å². The van der Waals surface area contributed by atoms with Gasteiger partial charge >= 0.3 is 6.29 Å². The topological polar surface area (TPSA) is 44.5 Å². The summed E-state index contributed by atoms with van der Waals surface area (Å²) in [7, 11) is 0. The van der Waals surface area contributed by atoms with Crippen molar-refractivity contribution in [3.05, 3.63) is 52.3 Å². The molecule has 0 bridgehead atoms. The molecule has 25 heavy (non-hydrogen) atoms. The monoisotopic (exact) mass is 407 g/mol. The molecule has 4 rings (SSSR count). The van der Waals surface area contributed by atoms with Gasteiger partial charge in [-0.3, -0.25) is 0 Å². The lowest BCUT2D eigenvalue weighted by Gasteiger charge is -2.06. The van der Waals surface area contributed by atoms with Crippen molar-refractivity contribution < 1.29 is 22.7 Å². The van der Waals surface area contributed by atoms with Crippen LogP contribution in [0.4, 0.5) is 8.78 Å². The first-order valence-corrected chi connectivity index (χ1v) is 8.26. The summed E-state index contributed by atoms with van der Waals surface area (Å²) in [6.45, 7) is 3.70. The summed E-state index contributed by atoms with van der Waals surface area (Å²) >= 11 is 3.45. The van der Waals surface area contributed by atoms with Gasteiger partial charge in [-0.05, 0) is 42.8 Å². The lowest BCUT2D eigenvalue weighted by molar-refractivity contribution is -0.286. The Morgan fingerprint density at radius 2 is 1.76 bits per heavy atom. The smallest absolute Gasteiger partial charge is 0.440 e. The summed E-state index contributed by atoms with van der Waals surface area (Å²) in [5.41, 5.74) is 3.03. The molecule has 3 aromatic rings. The Balaban J connectivity index is 1.85. The van der Waals surface area contributed by atoms with E-state index in [1.807, 2.05) is 25.1 Å². The number of aromatic nitrogens is 1. The Morgan fingerprint density at radius 3 is 2.56 bits per heavy atom. The van der Waals surface area contributed by atoms with Gasteiger partial charge in [-0.1, -0.05) is 22.0 Å². The van der Waals surface area contributed by atoms with E-state index < -0.39 is 6.29 Å². The average molecular weight is 408 g/mol. The molecule has 0 N–H and O–H groups in total. The van der Waals surface area contributed by atoms with Crippen molar-refractivity contribution in [1.82, 2.24) is 4.98 Å². The first-order chi connectivity index (χ1) is 11.8. The van der Waals surface area contributed by atoms with Gasteiger partial charge in [0.25, 0.3) is 0 Å². The molecule has 0 saturated heterocycles. The standard InChI is InChI=1S/C18H12BrF2NO3/c1-9-3-5-12(19)8-13(9)17-16(22-10(2)23-17)11-4-6-14-15(7-11)25-18(20,21)24-14/h3-8H,1-2H3. The average Bonchev–Trinajstić information content (AvgIpc) is 3.06. The molecule has 1 aromatic heterocycles. The van der Waals surface area contributed by atoms with Gasteiger partial charge in [-0.25, -0.2) is 4.98 Å². The van der Waals surface area contributed by atoms with E-state index in [1.54, 1.807) is 13.0 Å². The van der Waals surface area contributed by atoms with Gasteiger partial charge in [0.2, 0.25) is 0 Å². The van der Waals surface area contributed by atoms with E-state index in [2.05, 4.69) is 30.4 Å². The second kappa shape index (κ2) is 5.56. The number of hydrogen-bond acceptors (Lipinski definition) is 4. The molecule has 7 heteroatoms. The van der Waals surface area contributed by atoms with E-state index in [-0.39, 0.29) is 11.5 Å². The van der Waals surface area contributed by atoms with E-state index in [0.29, 0.717) is 22.9 Å². The van der Waals surface area contributed by atoms with Gasteiger partial charge in [0.15, 0.2) is 23.1 Å². The molecule has 0 saturated carbocycles. The molecule has 0 atom stereocenters. The Kier molecular flexibility index (Phi) is 3.57. The van der Waals surface area contributed by atoms with Gasteiger partial charge in [-0.2, -0.15) is 0 Å². The van der Waals surface area contributed by atoms with Crippen molar-refractivity contribution in [2.24, 2.45) is 0 Å². The lowest BCUT2D eigenvalue weighted by Crippen LogP contribution is -2.25. The first kappa shape index (κ1) is 16.1. The summed E-state index contributed by atoms with van der Waals surface area (Å²) in [4.78, 5) is 4.42. The van der Waals surface area contributed by atoms with E-state index in [1.165, 1.54) is 12.1 Å². The third-order valence-corrected chi connectivity index (χ3v) is 4.35. The van der Waals surface area contributed by atoms with Crippen molar-refractivity contribution in [3.63, 3.8) is 0 Å². The summed E-state index contributed by atoms with van der Waals surface area (Å²) < 4.78 is 42.1. The quantitative estimate of drug-likeness (QED) is 0.545. The van der Waals surface area contributed by atoms with Gasteiger partial charge in [0.05, 0.1) is 0 Å².